The Hall–Kier alpha value is -2.39. The molecule has 2 aromatic rings. The zero-order valence-electron chi connectivity index (χ0n) is 16.4. The van der Waals surface area contributed by atoms with E-state index in [-0.39, 0.29) is 6.09 Å². The van der Waals surface area contributed by atoms with E-state index in [0.29, 0.717) is 13.1 Å². The number of pyridine rings is 1. The zero-order chi connectivity index (χ0) is 20.3. The van der Waals surface area contributed by atoms with Crippen LogP contribution in [0.2, 0.25) is 0 Å². The minimum absolute atomic E-state index is 0.269. The first-order valence-corrected chi connectivity index (χ1v) is 10.2. The molecule has 0 saturated heterocycles. The lowest BCUT2D eigenvalue weighted by molar-refractivity contribution is 0.0258. The molecule has 1 atom stereocenters. The number of nitriles is 1. The number of aromatic nitrogens is 1. The first-order chi connectivity index (χ1) is 13.3. The van der Waals surface area contributed by atoms with Gasteiger partial charge in [0.25, 0.3) is 0 Å². The van der Waals surface area contributed by atoms with Gasteiger partial charge in [0.05, 0.1) is 11.8 Å². The lowest BCUT2D eigenvalue weighted by Crippen LogP contribution is -2.38. The van der Waals surface area contributed by atoms with Gasteiger partial charge < -0.3 is 9.64 Å². The van der Waals surface area contributed by atoms with Crippen molar-refractivity contribution in [2.45, 2.75) is 45.1 Å². The highest BCUT2D eigenvalue weighted by Gasteiger charge is 2.25. The first-order valence-electron chi connectivity index (χ1n) is 9.37. The van der Waals surface area contributed by atoms with Crippen LogP contribution < -0.4 is 0 Å². The van der Waals surface area contributed by atoms with E-state index in [9.17, 15) is 10.1 Å². The molecule has 28 heavy (non-hydrogen) atoms. The molecule has 2 heterocycles. The van der Waals surface area contributed by atoms with E-state index >= 15 is 0 Å². The number of carbonyl (C=O) groups is 1. The average Bonchev–Trinajstić information content (AvgIpc) is 2.85. The Balaban J connectivity index is 1.79. The Kier molecular flexibility index (Phi) is 6.04. The average molecular weight is 442 g/mol. The van der Waals surface area contributed by atoms with Gasteiger partial charge in [0.1, 0.15) is 11.5 Å². The van der Waals surface area contributed by atoms with Crippen molar-refractivity contribution >= 4 is 22.0 Å². The van der Waals surface area contributed by atoms with Crippen molar-refractivity contribution in [2.24, 2.45) is 0 Å². The molecule has 3 rings (SSSR count). The van der Waals surface area contributed by atoms with Crippen molar-refractivity contribution in [3.63, 3.8) is 0 Å². The van der Waals surface area contributed by atoms with E-state index < -0.39 is 11.5 Å². The van der Waals surface area contributed by atoms with E-state index in [4.69, 9.17) is 4.74 Å². The summed E-state index contributed by atoms with van der Waals surface area (Å²) >= 11 is 3.38. The molecular formula is C22H24BrN3O2. The van der Waals surface area contributed by atoms with Crippen LogP contribution in [-0.4, -0.2) is 34.7 Å². The molecule has 0 bridgehead atoms. The lowest BCUT2D eigenvalue weighted by atomic mass is 9.91. The fraction of sp³-hybridized carbons (Fsp3) is 0.409. The Bertz CT molecular complexity index is 897. The molecule has 0 N–H and O–H groups in total. The van der Waals surface area contributed by atoms with Gasteiger partial charge in [-0.25, -0.2) is 4.79 Å². The van der Waals surface area contributed by atoms with Crippen molar-refractivity contribution in [3.05, 3.63) is 63.4 Å². The van der Waals surface area contributed by atoms with Gasteiger partial charge in [0.15, 0.2) is 0 Å². The van der Waals surface area contributed by atoms with Crippen LogP contribution in [0.5, 0.6) is 0 Å². The summed E-state index contributed by atoms with van der Waals surface area (Å²) in [6.45, 7) is 6.88. The van der Waals surface area contributed by atoms with Gasteiger partial charge in [0, 0.05) is 23.8 Å². The third-order valence-corrected chi connectivity index (χ3v) is 5.16. The molecule has 0 saturated carbocycles. The van der Waals surface area contributed by atoms with Crippen LogP contribution in [0.1, 0.15) is 49.1 Å². The SMILES string of the molecule is CC(C)(C)OC(=O)N1CCc2ccc(C(C#N)c3ccc(Br)cn3)cc2CC1. The third-order valence-electron chi connectivity index (χ3n) is 4.69. The minimum atomic E-state index is -0.499. The molecule has 1 aliphatic heterocycles. The number of hydrogen-bond donors (Lipinski definition) is 0. The monoisotopic (exact) mass is 441 g/mol. The first kappa shape index (κ1) is 20.3. The molecule has 1 aromatic carbocycles. The summed E-state index contributed by atoms with van der Waals surface area (Å²) in [5.74, 6) is -0.413. The second kappa shape index (κ2) is 8.32. The number of benzene rings is 1. The van der Waals surface area contributed by atoms with Gasteiger partial charge in [-0.05, 0) is 78.4 Å². The molecule has 146 valence electrons. The fourth-order valence-corrected chi connectivity index (χ4v) is 3.54. The lowest BCUT2D eigenvalue weighted by Gasteiger charge is -2.26. The van der Waals surface area contributed by atoms with Gasteiger partial charge in [-0.15, -0.1) is 0 Å². The Morgan fingerprint density at radius 1 is 1.21 bits per heavy atom. The maximum absolute atomic E-state index is 12.4. The van der Waals surface area contributed by atoms with Gasteiger partial charge in [-0.3, -0.25) is 4.98 Å². The summed E-state index contributed by atoms with van der Waals surface area (Å²) in [7, 11) is 0. The maximum atomic E-state index is 12.4. The standard InChI is InChI=1S/C22H24BrN3O2/c1-22(2,3)28-21(27)26-10-8-15-4-5-17(12-16(15)9-11-26)19(13-24)20-7-6-18(23)14-25-20/h4-7,12,14,19H,8-11H2,1-3H3. The fourth-order valence-electron chi connectivity index (χ4n) is 3.30. The molecule has 1 aliphatic rings. The van der Waals surface area contributed by atoms with E-state index in [1.54, 1.807) is 11.1 Å². The largest absolute Gasteiger partial charge is 0.444 e. The molecule has 0 radical (unpaired) electrons. The summed E-state index contributed by atoms with van der Waals surface area (Å²) in [6, 6.07) is 12.3. The summed E-state index contributed by atoms with van der Waals surface area (Å²) < 4.78 is 6.40. The van der Waals surface area contributed by atoms with Crippen LogP contribution in [0.25, 0.3) is 0 Å². The molecule has 5 nitrogen and oxygen atoms in total. The van der Waals surface area contributed by atoms with E-state index in [1.807, 2.05) is 39.0 Å². The number of amides is 1. The molecule has 0 aliphatic carbocycles. The molecular weight excluding hydrogens is 418 g/mol. The van der Waals surface area contributed by atoms with Crippen LogP contribution in [0, 0.1) is 11.3 Å². The van der Waals surface area contributed by atoms with E-state index in [0.717, 1.165) is 28.6 Å². The molecule has 1 amide bonds. The van der Waals surface area contributed by atoms with Crippen LogP contribution >= 0.6 is 15.9 Å². The van der Waals surface area contributed by atoms with Crippen LogP contribution in [0.4, 0.5) is 4.79 Å². The topological polar surface area (TPSA) is 66.2 Å². The summed E-state index contributed by atoms with van der Waals surface area (Å²) in [5.41, 5.74) is 3.56. The molecule has 0 fully saturated rings. The quantitative estimate of drug-likeness (QED) is 0.668. The Labute approximate surface area is 174 Å². The number of ether oxygens (including phenoxy) is 1. The predicted octanol–water partition coefficient (Wildman–Crippen LogP) is 4.84. The Morgan fingerprint density at radius 3 is 2.54 bits per heavy atom. The van der Waals surface area contributed by atoms with Crippen molar-refractivity contribution in [1.29, 1.82) is 5.26 Å². The highest BCUT2D eigenvalue weighted by Crippen LogP contribution is 2.27. The van der Waals surface area contributed by atoms with Crippen molar-refractivity contribution in [3.8, 4) is 6.07 Å². The summed E-state index contributed by atoms with van der Waals surface area (Å²) in [5, 5.41) is 9.71. The molecule has 6 heteroatoms. The molecule has 1 aromatic heterocycles. The van der Waals surface area contributed by atoms with Gasteiger partial charge in [-0.2, -0.15) is 5.26 Å². The van der Waals surface area contributed by atoms with E-state index in [2.05, 4.69) is 39.1 Å². The second-order valence-corrected chi connectivity index (χ2v) is 8.87. The van der Waals surface area contributed by atoms with E-state index in [1.165, 1.54) is 11.1 Å². The predicted molar refractivity (Wildman–Crippen MR) is 111 cm³/mol. The number of carbonyl (C=O) groups excluding carboxylic acids is 1. The third kappa shape index (κ3) is 4.90. The highest BCUT2D eigenvalue weighted by molar-refractivity contribution is 9.10. The van der Waals surface area contributed by atoms with Crippen molar-refractivity contribution in [1.82, 2.24) is 9.88 Å². The minimum Gasteiger partial charge on any atom is -0.444 e. The summed E-state index contributed by atoms with van der Waals surface area (Å²) in [6.07, 6.45) is 2.97. The number of rotatable bonds is 2. The van der Waals surface area contributed by atoms with Gasteiger partial charge >= 0.3 is 6.09 Å². The van der Waals surface area contributed by atoms with Gasteiger partial charge in [-0.1, -0.05) is 18.2 Å². The van der Waals surface area contributed by atoms with Crippen molar-refractivity contribution < 1.29 is 9.53 Å². The second-order valence-electron chi connectivity index (χ2n) is 7.96. The Morgan fingerprint density at radius 2 is 1.93 bits per heavy atom. The highest BCUT2D eigenvalue weighted by atomic mass is 79.9. The number of hydrogen-bond acceptors (Lipinski definition) is 4. The summed E-state index contributed by atoms with van der Waals surface area (Å²) in [4.78, 5) is 18.6. The van der Waals surface area contributed by atoms with Crippen LogP contribution in [-0.2, 0) is 17.6 Å². The maximum Gasteiger partial charge on any atom is 0.410 e. The number of fused-ring (bicyclic) bond motifs is 1. The molecule has 0 spiro atoms. The molecule has 1 unspecified atom stereocenters. The smallest absolute Gasteiger partial charge is 0.410 e. The zero-order valence-corrected chi connectivity index (χ0v) is 18.0. The normalized spacial score (nSPS) is 15.2. The van der Waals surface area contributed by atoms with Crippen molar-refractivity contribution in [2.75, 3.05) is 13.1 Å². The van der Waals surface area contributed by atoms with Crippen LogP contribution in [0.15, 0.2) is 41.0 Å². The number of halogens is 1. The number of nitrogens with zero attached hydrogens (tertiary/aromatic N) is 3. The van der Waals surface area contributed by atoms with Crippen LogP contribution in [0.3, 0.4) is 0 Å². The van der Waals surface area contributed by atoms with Gasteiger partial charge in [0.2, 0.25) is 0 Å².